The minimum absolute atomic E-state index is 0.0249. The first-order valence-electron chi connectivity index (χ1n) is 11.1. The molecule has 2 aromatic heterocycles. The lowest BCUT2D eigenvalue weighted by Crippen LogP contribution is -2.28. The fourth-order valence-electron chi connectivity index (χ4n) is 3.35. The molecule has 176 valence electrons. The molecule has 1 N–H and O–H groups in total. The van der Waals surface area contributed by atoms with Crippen molar-refractivity contribution in [1.82, 2.24) is 19.9 Å². The van der Waals surface area contributed by atoms with Crippen molar-refractivity contribution < 1.29 is 19.2 Å². The molecule has 0 aliphatic heterocycles. The number of benzene rings is 1. The highest BCUT2D eigenvalue weighted by Gasteiger charge is 2.25. The van der Waals surface area contributed by atoms with Crippen LogP contribution in [0.4, 0.5) is 0 Å². The fraction of sp³-hybridized carbons (Fsp3) is 0.400. The molecule has 0 saturated heterocycles. The van der Waals surface area contributed by atoms with Gasteiger partial charge in [-0.1, -0.05) is 13.0 Å². The first-order valence-corrected chi connectivity index (χ1v) is 11.1. The maximum absolute atomic E-state index is 12.3. The van der Waals surface area contributed by atoms with Gasteiger partial charge in [-0.3, -0.25) is 9.78 Å². The normalized spacial score (nSPS) is 12.1. The number of nitrogens with zero attached hydrogens (tertiary/aromatic N) is 4. The van der Waals surface area contributed by atoms with Crippen LogP contribution in [0.25, 0.3) is 11.3 Å². The third-order valence-electron chi connectivity index (χ3n) is 5.37. The van der Waals surface area contributed by atoms with Crippen molar-refractivity contribution in [2.24, 2.45) is 0 Å². The Morgan fingerprint density at radius 3 is 2.55 bits per heavy atom. The molecule has 33 heavy (non-hydrogen) atoms. The van der Waals surface area contributed by atoms with E-state index >= 15 is 0 Å². The van der Waals surface area contributed by atoms with E-state index in [2.05, 4.69) is 9.97 Å². The number of hydrogen-bond donors (Lipinski definition) is 1. The van der Waals surface area contributed by atoms with Gasteiger partial charge in [-0.05, 0) is 55.7 Å². The number of aryl methyl sites for hydroxylation is 1. The molecule has 1 atom stereocenters. The van der Waals surface area contributed by atoms with Gasteiger partial charge in [0, 0.05) is 38.1 Å². The van der Waals surface area contributed by atoms with Crippen LogP contribution in [-0.4, -0.2) is 64.8 Å². The van der Waals surface area contributed by atoms with Gasteiger partial charge in [0.05, 0.1) is 6.54 Å². The topological polar surface area (TPSA) is 91.9 Å². The molecule has 3 aromatic rings. The van der Waals surface area contributed by atoms with Crippen molar-refractivity contribution >= 4 is 5.91 Å². The number of likely N-dealkylation sites (N-methyl/N-ethyl adjacent to an activating group) is 1. The first-order chi connectivity index (χ1) is 15.9. The predicted molar refractivity (Wildman–Crippen MR) is 125 cm³/mol. The quantitative estimate of drug-likeness (QED) is 0.441. The largest absolute Gasteiger partial charge is 0.492 e. The van der Waals surface area contributed by atoms with E-state index in [1.54, 1.807) is 25.3 Å². The van der Waals surface area contributed by atoms with Gasteiger partial charge in [0.25, 0.3) is 0 Å². The van der Waals surface area contributed by atoms with Crippen LogP contribution in [-0.2, 0) is 11.2 Å². The predicted octanol–water partition coefficient (Wildman–Crippen LogP) is 3.94. The SMILES string of the molecule is CCC(C(=O)N(C)C)c1nc(-c2ccc(OCCN(O)CCc3ccc(C)nc3)cc2)co1. The number of rotatable bonds is 11. The van der Waals surface area contributed by atoms with Crippen LogP contribution in [0.1, 0.15) is 36.4 Å². The Morgan fingerprint density at radius 2 is 1.91 bits per heavy atom. The average Bonchev–Trinajstić information content (AvgIpc) is 3.29. The highest BCUT2D eigenvalue weighted by molar-refractivity contribution is 5.82. The molecule has 0 saturated carbocycles. The van der Waals surface area contributed by atoms with Gasteiger partial charge in [-0.2, -0.15) is 5.06 Å². The lowest BCUT2D eigenvalue weighted by atomic mass is 10.1. The number of hydrogen-bond acceptors (Lipinski definition) is 7. The van der Waals surface area contributed by atoms with E-state index in [0.29, 0.717) is 43.5 Å². The molecule has 0 spiro atoms. The van der Waals surface area contributed by atoms with E-state index in [9.17, 15) is 10.0 Å². The molecule has 0 aliphatic rings. The molecule has 8 heteroatoms. The smallest absolute Gasteiger partial charge is 0.234 e. The van der Waals surface area contributed by atoms with E-state index in [4.69, 9.17) is 9.15 Å². The van der Waals surface area contributed by atoms with Crippen LogP contribution in [0.5, 0.6) is 5.75 Å². The van der Waals surface area contributed by atoms with E-state index < -0.39 is 0 Å². The molecular formula is C25H32N4O4. The highest BCUT2D eigenvalue weighted by Crippen LogP contribution is 2.26. The molecule has 3 rings (SSSR count). The second kappa shape index (κ2) is 11.6. The summed E-state index contributed by atoms with van der Waals surface area (Å²) in [6, 6.07) is 11.5. The summed E-state index contributed by atoms with van der Waals surface area (Å²) < 4.78 is 11.3. The summed E-state index contributed by atoms with van der Waals surface area (Å²) in [6.07, 6.45) is 4.75. The molecular weight excluding hydrogens is 420 g/mol. The fourth-order valence-corrected chi connectivity index (χ4v) is 3.35. The molecule has 8 nitrogen and oxygen atoms in total. The summed E-state index contributed by atoms with van der Waals surface area (Å²) in [5, 5.41) is 11.3. The molecule has 0 radical (unpaired) electrons. The second-order valence-electron chi connectivity index (χ2n) is 8.15. The minimum Gasteiger partial charge on any atom is -0.492 e. The van der Waals surface area contributed by atoms with E-state index in [1.165, 1.54) is 5.06 Å². The summed E-state index contributed by atoms with van der Waals surface area (Å²) in [5.41, 5.74) is 3.62. The Kier molecular flexibility index (Phi) is 8.57. The number of hydroxylamine groups is 2. The van der Waals surface area contributed by atoms with Crippen molar-refractivity contribution in [3.05, 3.63) is 66.0 Å². The minimum atomic E-state index is -0.389. The van der Waals surface area contributed by atoms with E-state index in [-0.39, 0.29) is 11.8 Å². The zero-order valence-electron chi connectivity index (χ0n) is 19.7. The lowest BCUT2D eigenvalue weighted by molar-refractivity contribution is -0.130. The van der Waals surface area contributed by atoms with Gasteiger partial charge in [-0.25, -0.2) is 4.98 Å². The number of ether oxygens (including phenoxy) is 1. The van der Waals surface area contributed by atoms with Gasteiger partial charge < -0.3 is 19.3 Å². The second-order valence-corrected chi connectivity index (χ2v) is 8.15. The number of amides is 1. The van der Waals surface area contributed by atoms with Crippen LogP contribution in [0.15, 0.2) is 53.3 Å². The zero-order valence-corrected chi connectivity index (χ0v) is 19.7. The monoisotopic (exact) mass is 452 g/mol. The number of aromatic nitrogens is 2. The molecule has 2 heterocycles. The van der Waals surface area contributed by atoms with E-state index in [1.807, 2.05) is 56.4 Å². The molecule has 1 amide bonds. The van der Waals surface area contributed by atoms with Crippen molar-refractivity contribution in [3.63, 3.8) is 0 Å². The maximum atomic E-state index is 12.3. The summed E-state index contributed by atoms with van der Waals surface area (Å²) in [4.78, 5) is 22.7. The van der Waals surface area contributed by atoms with Crippen LogP contribution in [0.2, 0.25) is 0 Å². The molecule has 1 aromatic carbocycles. The van der Waals surface area contributed by atoms with Gasteiger partial charge in [0.1, 0.15) is 30.2 Å². The van der Waals surface area contributed by atoms with Crippen molar-refractivity contribution in [3.8, 4) is 17.0 Å². The maximum Gasteiger partial charge on any atom is 0.234 e. The lowest BCUT2D eigenvalue weighted by Gasteiger charge is -2.16. The van der Waals surface area contributed by atoms with E-state index in [0.717, 1.165) is 23.2 Å². The summed E-state index contributed by atoms with van der Waals surface area (Å²) in [5.74, 6) is 0.715. The summed E-state index contributed by atoms with van der Waals surface area (Å²) in [6.45, 7) is 5.16. The van der Waals surface area contributed by atoms with Crippen LogP contribution < -0.4 is 4.74 Å². The molecule has 0 fully saturated rings. The number of oxazole rings is 1. The van der Waals surface area contributed by atoms with Crippen LogP contribution >= 0.6 is 0 Å². The van der Waals surface area contributed by atoms with Crippen LogP contribution in [0.3, 0.4) is 0 Å². The number of carbonyl (C=O) groups is 1. The Balaban J connectivity index is 1.48. The molecule has 0 aliphatic carbocycles. The standard InChI is InChI=1S/C25H32N4O4/c1-5-22(25(30)28(3)4)24-27-23(17-33-24)20-8-10-21(11-9-20)32-15-14-29(31)13-12-19-7-6-18(2)26-16-19/h6-11,16-17,22,31H,5,12-15H2,1-4H3. The van der Waals surface area contributed by atoms with Gasteiger partial charge >= 0.3 is 0 Å². The molecule has 1 unspecified atom stereocenters. The molecule has 0 bridgehead atoms. The van der Waals surface area contributed by atoms with Gasteiger partial charge in [-0.15, -0.1) is 0 Å². The van der Waals surface area contributed by atoms with Crippen molar-refractivity contribution in [2.45, 2.75) is 32.6 Å². The van der Waals surface area contributed by atoms with Crippen molar-refractivity contribution in [2.75, 3.05) is 33.8 Å². The highest BCUT2D eigenvalue weighted by atomic mass is 16.5. The average molecular weight is 453 g/mol. The zero-order chi connectivity index (χ0) is 23.8. The summed E-state index contributed by atoms with van der Waals surface area (Å²) in [7, 11) is 3.45. The Bertz CT molecular complexity index is 1020. The first kappa shape index (κ1) is 24.4. The van der Waals surface area contributed by atoms with Gasteiger partial charge in [0.15, 0.2) is 0 Å². The van der Waals surface area contributed by atoms with Crippen molar-refractivity contribution in [1.29, 1.82) is 0 Å². The van der Waals surface area contributed by atoms with Crippen LogP contribution in [0, 0.1) is 6.92 Å². The Labute approximate surface area is 194 Å². The Morgan fingerprint density at radius 1 is 1.15 bits per heavy atom. The summed E-state index contributed by atoms with van der Waals surface area (Å²) >= 11 is 0. The number of carbonyl (C=O) groups excluding carboxylic acids is 1. The van der Waals surface area contributed by atoms with Gasteiger partial charge in [0.2, 0.25) is 11.8 Å². The Hall–Kier alpha value is -3.23. The third kappa shape index (κ3) is 6.87. The third-order valence-corrected chi connectivity index (χ3v) is 5.37. The number of pyridine rings is 1.